The molecular weight excluding hydrogens is 358 g/mol. The van der Waals surface area contributed by atoms with Crippen molar-refractivity contribution in [1.82, 2.24) is 9.97 Å². The van der Waals surface area contributed by atoms with Crippen LogP contribution in [0.15, 0.2) is 42.0 Å². The largest absolute Gasteiger partial charge is 0.493 e. The standard InChI is InChI=1S/C21H21N3O2S/c1-13-9-17(26-11-15-3-4-15)10-14(2)19(13)18-12-27-21(23-18)24-20(25)16-5-7-22-8-6-16/h5-10,12,15H,3-4,11H2,1-2H3,(H,23,24,25). The lowest BCUT2D eigenvalue weighted by atomic mass is 10.0. The van der Waals surface area contributed by atoms with Crippen LogP contribution in [0.4, 0.5) is 5.13 Å². The zero-order valence-electron chi connectivity index (χ0n) is 15.4. The molecule has 5 nitrogen and oxygen atoms in total. The first-order chi connectivity index (χ1) is 13.1. The third kappa shape index (κ3) is 4.17. The molecule has 2 heterocycles. The highest BCUT2D eigenvalue weighted by Gasteiger charge is 2.22. The summed E-state index contributed by atoms with van der Waals surface area (Å²) in [6.45, 7) is 4.95. The molecule has 0 saturated heterocycles. The van der Waals surface area contributed by atoms with E-state index in [1.165, 1.54) is 24.2 Å². The normalized spacial score (nSPS) is 13.4. The number of ether oxygens (including phenoxy) is 1. The maximum absolute atomic E-state index is 12.3. The number of rotatable bonds is 6. The van der Waals surface area contributed by atoms with E-state index in [0.717, 1.165) is 40.7 Å². The average Bonchev–Trinajstić information content (AvgIpc) is 3.39. The van der Waals surface area contributed by atoms with Gasteiger partial charge in [-0.2, -0.15) is 0 Å². The number of aryl methyl sites for hydroxylation is 2. The molecule has 1 aliphatic carbocycles. The van der Waals surface area contributed by atoms with E-state index in [1.807, 2.05) is 5.38 Å². The molecule has 4 rings (SSSR count). The van der Waals surface area contributed by atoms with Crippen LogP contribution >= 0.6 is 11.3 Å². The van der Waals surface area contributed by atoms with E-state index in [0.29, 0.717) is 10.7 Å². The minimum Gasteiger partial charge on any atom is -0.493 e. The summed E-state index contributed by atoms with van der Waals surface area (Å²) in [7, 11) is 0. The summed E-state index contributed by atoms with van der Waals surface area (Å²) in [5.74, 6) is 1.47. The highest BCUT2D eigenvalue weighted by molar-refractivity contribution is 7.14. The molecule has 0 bridgehead atoms. The predicted octanol–water partition coefficient (Wildman–Crippen LogP) is 4.86. The number of benzene rings is 1. The molecule has 6 heteroatoms. The van der Waals surface area contributed by atoms with Gasteiger partial charge < -0.3 is 4.74 Å². The van der Waals surface area contributed by atoms with Crippen LogP contribution in [0.5, 0.6) is 5.75 Å². The molecule has 1 saturated carbocycles. The van der Waals surface area contributed by atoms with Gasteiger partial charge in [-0.3, -0.25) is 15.1 Å². The summed E-state index contributed by atoms with van der Waals surface area (Å²) >= 11 is 1.42. The number of aromatic nitrogens is 2. The van der Waals surface area contributed by atoms with Crippen LogP contribution in [-0.2, 0) is 0 Å². The van der Waals surface area contributed by atoms with Crippen LogP contribution in [-0.4, -0.2) is 22.5 Å². The van der Waals surface area contributed by atoms with Gasteiger partial charge in [-0.25, -0.2) is 4.98 Å². The van der Waals surface area contributed by atoms with Gasteiger partial charge >= 0.3 is 0 Å². The van der Waals surface area contributed by atoms with Gasteiger partial charge in [0.25, 0.3) is 5.91 Å². The van der Waals surface area contributed by atoms with E-state index < -0.39 is 0 Å². The molecule has 0 aliphatic heterocycles. The topological polar surface area (TPSA) is 64.1 Å². The Morgan fingerprint density at radius 2 is 1.93 bits per heavy atom. The third-order valence-electron chi connectivity index (χ3n) is 4.61. The Bertz CT molecular complexity index is 942. The molecule has 0 spiro atoms. The van der Waals surface area contributed by atoms with Crippen LogP contribution < -0.4 is 10.1 Å². The fraction of sp³-hybridized carbons (Fsp3) is 0.286. The van der Waals surface area contributed by atoms with Crippen molar-refractivity contribution in [1.29, 1.82) is 0 Å². The Morgan fingerprint density at radius 3 is 2.59 bits per heavy atom. The minimum absolute atomic E-state index is 0.185. The van der Waals surface area contributed by atoms with Gasteiger partial charge in [0, 0.05) is 28.9 Å². The summed E-state index contributed by atoms with van der Waals surface area (Å²) in [5, 5.41) is 5.41. The lowest BCUT2D eigenvalue weighted by molar-refractivity contribution is 0.102. The van der Waals surface area contributed by atoms with Crippen molar-refractivity contribution in [2.45, 2.75) is 26.7 Å². The monoisotopic (exact) mass is 379 g/mol. The molecule has 0 atom stereocenters. The Morgan fingerprint density at radius 1 is 1.22 bits per heavy atom. The summed E-state index contributed by atoms with van der Waals surface area (Å²) in [4.78, 5) is 20.8. The quantitative estimate of drug-likeness (QED) is 0.664. The number of nitrogens with one attached hydrogen (secondary N) is 1. The molecule has 1 aromatic carbocycles. The van der Waals surface area contributed by atoms with E-state index in [9.17, 15) is 4.79 Å². The van der Waals surface area contributed by atoms with Crippen molar-refractivity contribution in [2.75, 3.05) is 11.9 Å². The van der Waals surface area contributed by atoms with E-state index in [1.54, 1.807) is 24.5 Å². The number of carbonyl (C=O) groups is 1. The van der Waals surface area contributed by atoms with Crippen molar-refractivity contribution in [3.8, 4) is 17.0 Å². The summed E-state index contributed by atoms with van der Waals surface area (Å²) in [6.07, 6.45) is 5.76. The molecule has 27 heavy (non-hydrogen) atoms. The van der Waals surface area contributed by atoms with E-state index in [-0.39, 0.29) is 5.91 Å². The van der Waals surface area contributed by atoms with Gasteiger partial charge in [0.2, 0.25) is 0 Å². The van der Waals surface area contributed by atoms with Crippen molar-refractivity contribution in [3.05, 3.63) is 58.7 Å². The first-order valence-electron chi connectivity index (χ1n) is 9.01. The molecule has 0 unspecified atom stereocenters. The molecule has 2 aromatic heterocycles. The minimum atomic E-state index is -0.185. The van der Waals surface area contributed by atoms with E-state index in [4.69, 9.17) is 4.74 Å². The highest BCUT2D eigenvalue weighted by atomic mass is 32.1. The summed E-state index contributed by atoms with van der Waals surface area (Å²) in [5.41, 5.74) is 4.77. The lowest BCUT2D eigenvalue weighted by Gasteiger charge is -2.12. The van der Waals surface area contributed by atoms with E-state index >= 15 is 0 Å². The second-order valence-electron chi connectivity index (χ2n) is 6.91. The molecule has 0 radical (unpaired) electrons. The Kier molecular flexibility index (Phi) is 4.90. The Balaban J connectivity index is 1.51. The predicted molar refractivity (Wildman–Crippen MR) is 107 cm³/mol. The first-order valence-corrected chi connectivity index (χ1v) is 9.89. The van der Waals surface area contributed by atoms with Crippen LogP contribution in [0.25, 0.3) is 11.3 Å². The number of anilines is 1. The van der Waals surface area contributed by atoms with E-state index in [2.05, 4.69) is 41.3 Å². The summed E-state index contributed by atoms with van der Waals surface area (Å²) in [6, 6.07) is 7.50. The smallest absolute Gasteiger partial charge is 0.257 e. The van der Waals surface area contributed by atoms with Gasteiger partial charge in [-0.15, -0.1) is 11.3 Å². The van der Waals surface area contributed by atoms with Gasteiger partial charge in [-0.05, 0) is 68.0 Å². The second-order valence-corrected chi connectivity index (χ2v) is 7.77. The van der Waals surface area contributed by atoms with Gasteiger partial charge in [0.15, 0.2) is 5.13 Å². The Hall–Kier alpha value is -2.73. The van der Waals surface area contributed by atoms with Gasteiger partial charge in [-0.1, -0.05) is 0 Å². The van der Waals surface area contributed by atoms with Crippen molar-refractivity contribution < 1.29 is 9.53 Å². The number of thiazole rings is 1. The molecule has 1 N–H and O–H groups in total. The van der Waals surface area contributed by atoms with Crippen LogP contribution in [0.1, 0.15) is 34.3 Å². The number of amides is 1. The number of carbonyl (C=O) groups excluding carboxylic acids is 1. The molecular formula is C21H21N3O2S. The molecule has 138 valence electrons. The summed E-state index contributed by atoms with van der Waals surface area (Å²) < 4.78 is 5.91. The molecule has 1 aliphatic rings. The SMILES string of the molecule is Cc1cc(OCC2CC2)cc(C)c1-c1csc(NC(=O)c2ccncc2)n1. The highest BCUT2D eigenvalue weighted by Crippen LogP contribution is 2.34. The fourth-order valence-electron chi connectivity index (χ4n) is 3.03. The number of pyridine rings is 1. The number of hydrogen-bond acceptors (Lipinski definition) is 5. The number of hydrogen-bond donors (Lipinski definition) is 1. The lowest BCUT2D eigenvalue weighted by Crippen LogP contribution is -2.11. The van der Waals surface area contributed by atoms with Crippen LogP contribution in [0, 0.1) is 19.8 Å². The van der Waals surface area contributed by atoms with Crippen molar-refractivity contribution in [3.63, 3.8) is 0 Å². The Labute approximate surface area is 162 Å². The van der Waals surface area contributed by atoms with Crippen LogP contribution in [0.3, 0.4) is 0 Å². The van der Waals surface area contributed by atoms with Gasteiger partial charge in [0.1, 0.15) is 5.75 Å². The maximum Gasteiger partial charge on any atom is 0.257 e. The third-order valence-corrected chi connectivity index (χ3v) is 5.37. The molecule has 1 fully saturated rings. The molecule has 1 amide bonds. The van der Waals surface area contributed by atoms with Crippen LogP contribution in [0.2, 0.25) is 0 Å². The average molecular weight is 379 g/mol. The zero-order valence-corrected chi connectivity index (χ0v) is 16.2. The van der Waals surface area contributed by atoms with Crippen molar-refractivity contribution >= 4 is 22.4 Å². The zero-order chi connectivity index (χ0) is 18.8. The first kappa shape index (κ1) is 17.7. The molecule has 3 aromatic rings. The van der Waals surface area contributed by atoms with Gasteiger partial charge in [0.05, 0.1) is 12.3 Å². The second kappa shape index (κ2) is 7.48. The fourth-order valence-corrected chi connectivity index (χ4v) is 3.72. The van der Waals surface area contributed by atoms with Crippen molar-refractivity contribution in [2.24, 2.45) is 5.92 Å². The number of nitrogens with zero attached hydrogens (tertiary/aromatic N) is 2. The maximum atomic E-state index is 12.3.